The molecule has 15 heavy (non-hydrogen) atoms. The second-order valence-electron chi connectivity index (χ2n) is 3.20. The molecule has 0 spiro atoms. The Morgan fingerprint density at radius 2 is 2.00 bits per heavy atom. The van der Waals surface area contributed by atoms with Crippen LogP contribution in [0.4, 0.5) is 0 Å². The van der Waals surface area contributed by atoms with Crippen molar-refractivity contribution >= 4 is 15.9 Å². The number of rotatable bonds is 4. The van der Waals surface area contributed by atoms with Crippen molar-refractivity contribution in [2.24, 2.45) is 0 Å². The number of ether oxygens (including phenoxy) is 3. The first-order valence-electron chi connectivity index (χ1n) is 4.98. The summed E-state index contributed by atoms with van der Waals surface area (Å²) in [5.41, 5.74) is 0. The van der Waals surface area contributed by atoms with Gasteiger partial charge < -0.3 is 14.2 Å². The van der Waals surface area contributed by atoms with Crippen LogP contribution in [-0.2, 0) is 0 Å². The summed E-state index contributed by atoms with van der Waals surface area (Å²) in [5.74, 6) is 2.41. The van der Waals surface area contributed by atoms with Crippen molar-refractivity contribution in [3.8, 4) is 17.2 Å². The molecule has 0 saturated carbocycles. The molecule has 1 aliphatic heterocycles. The minimum Gasteiger partial charge on any atom is -0.493 e. The monoisotopic (exact) mass is 272 g/mol. The molecule has 1 aromatic rings. The Kier molecular flexibility index (Phi) is 3.72. The number of benzene rings is 1. The number of halogens is 1. The Hall–Kier alpha value is -0.900. The lowest BCUT2D eigenvalue weighted by atomic mass is 10.3. The minimum atomic E-state index is 0.609. The third-order valence-electron chi connectivity index (χ3n) is 2.06. The first-order valence-corrected chi connectivity index (χ1v) is 6.11. The molecule has 0 aliphatic carbocycles. The number of fused-ring (bicyclic) bond motifs is 1. The fourth-order valence-electron chi connectivity index (χ4n) is 1.36. The molecule has 0 radical (unpaired) electrons. The summed E-state index contributed by atoms with van der Waals surface area (Å²) < 4.78 is 16.4. The van der Waals surface area contributed by atoms with Crippen LogP contribution in [0, 0.1) is 0 Å². The summed E-state index contributed by atoms with van der Waals surface area (Å²) in [6, 6.07) is 5.67. The van der Waals surface area contributed by atoms with E-state index < -0.39 is 0 Å². The van der Waals surface area contributed by atoms with Crippen LogP contribution in [0.1, 0.15) is 6.42 Å². The predicted molar refractivity (Wildman–Crippen MR) is 61.3 cm³/mol. The molecule has 0 amide bonds. The maximum Gasteiger partial charge on any atom is 0.165 e. The lowest BCUT2D eigenvalue weighted by Gasteiger charge is -2.18. The summed E-state index contributed by atoms with van der Waals surface area (Å²) in [6.07, 6.45) is 0.994. The number of alkyl halides is 1. The standard InChI is InChI=1S/C11H13BrO3/c12-4-1-5-13-9-2-3-10-11(8-9)15-7-6-14-10/h2-3,8H,1,4-7H2. The van der Waals surface area contributed by atoms with Crippen LogP contribution >= 0.6 is 15.9 Å². The van der Waals surface area contributed by atoms with Crippen molar-refractivity contribution in [3.05, 3.63) is 18.2 Å². The van der Waals surface area contributed by atoms with E-state index in [9.17, 15) is 0 Å². The fourth-order valence-corrected chi connectivity index (χ4v) is 1.59. The zero-order valence-corrected chi connectivity index (χ0v) is 9.96. The summed E-state index contributed by atoms with van der Waals surface area (Å²) >= 11 is 3.36. The van der Waals surface area contributed by atoms with Crippen molar-refractivity contribution in [3.63, 3.8) is 0 Å². The topological polar surface area (TPSA) is 27.7 Å². The van der Waals surface area contributed by atoms with Gasteiger partial charge in [-0.3, -0.25) is 0 Å². The fraction of sp³-hybridized carbons (Fsp3) is 0.455. The molecule has 82 valence electrons. The van der Waals surface area contributed by atoms with E-state index in [0.717, 1.165) is 29.0 Å². The van der Waals surface area contributed by atoms with Crippen molar-refractivity contribution in [1.82, 2.24) is 0 Å². The maximum absolute atomic E-state index is 5.55. The van der Waals surface area contributed by atoms with E-state index in [2.05, 4.69) is 15.9 Å². The molecule has 0 atom stereocenters. The molecular weight excluding hydrogens is 260 g/mol. The first-order chi connectivity index (χ1) is 7.40. The Balaban J connectivity index is 2.00. The van der Waals surface area contributed by atoms with E-state index >= 15 is 0 Å². The molecule has 0 N–H and O–H groups in total. The van der Waals surface area contributed by atoms with Gasteiger partial charge >= 0.3 is 0 Å². The van der Waals surface area contributed by atoms with Gasteiger partial charge in [0, 0.05) is 11.4 Å². The molecule has 0 saturated heterocycles. The van der Waals surface area contributed by atoms with Crippen LogP contribution in [0.15, 0.2) is 18.2 Å². The summed E-state index contributed by atoms with van der Waals surface area (Å²) in [4.78, 5) is 0. The van der Waals surface area contributed by atoms with Crippen molar-refractivity contribution in [1.29, 1.82) is 0 Å². The summed E-state index contributed by atoms with van der Waals surface area (Å²) in [5, 5.41) is 0.956. The Morgan fingerprint density at radius 1 is 1.20 bits per heavy atom. The SMILES string of the molecule is BrCCCOc1ccc2c(c1)OCCO2. The van der Waals surface area contributed by atoms with Crippen LogP contribution in [0.2, 0.25) is 0 Å². The molecule has 1 aromatic carbocycles. The average Bonchev–Trinajstić information content (AvgIpc) is 2.29. The van der Waals surface area contributed by atoms with Crippen LogP contribution in [-0.4, -0.2) is 25.2 Å². The van der Waals surface area contributed by atoms with Crippen molar-refractivity contribution in [2.75, 3.05) is 25.2 Å². The second kappa shape index (κ2) is 5.26. The molecular formula is C11H13BrO3. The Bertz CT molecular complexity index is 328. The molecule has 4 heteroatoms. The highest BCUT2D eigenvalue weighted by Crippen LogP contribution is 2.33. The Morgan fingerprint density at radius 3 is 2.80 bits per heavy atom. The molecule has 1 heterocycles. The number of hydrogen-bond donors (Lipinski definition) is 0. The van der Waals surface area contributed by atoms with Gasteiger partial charge in [0.05, 0.1) is 6.61 Å². The van der Waals surface area contributed by atoms with Gasteiger partial charge in [-0.15, -0.1) is 0 Å². The normalized spacial score (nSPS) is 13.7. The Labute approximate surface area is 97.5 Å². The van der Waals surface area contributed by atoms with Crippen LogP contribution in [0.3, 0.4) is 0 Å². The van der Waals surface area contributed by atoms with E-state index in [1.165, 1.54) is 0 Å². The minimum absolute atomic E-state index is 0.609. The highest BCUT2D eigenvalue weighted by atomic mass is 79.9. The molecule has 1 aliphatic rings. The summed E-state index contributed by atoms with van der Waals surface area (Å²) in [7, 11) is 0. The predicted octanol–water partition coefficient (Wildman–Crippen LogP) is 2.62. The van der Waals surface area contributed by atoms with Crippen molar-refractivity contribution in [2.45, 2.75) is 6.42 Å². The highest BCUT2D eigenvalue weighted by Gasteiger charge is 2.11. The maximum atomic E-state index is 5.55. The quantitative estimate of drug-likeness (QED) is 0.623. The van der Waals surface area contributed by atoms with E-state index in [1.54, 1.807) is 0 Å². The smallest absolute Gasteiger partial charge is 0.165 e. The van der Waals surface area contributed by atoms with Gasteiger partial charge in [-0.2, -0.15) is 0 Å². The summed E-state index contributed by atoms with van der Waals surface area (Å²) in [6.45, 7) is 1.94. The van der Waals surface area contributed by atoms with Crippen LogP contribution < -0.4 is 14.2 Å². The lowest BCUT2D eigenvalue weighted by Crippen LogP contribution is -2.15. The first kappa shape index (κ1) is 10.6. The molecule has 0 unspecified atom stereocenters. The van der Waals surface area contributed by atoms with E-state index in [0.29, 0.717) is 19.8 Å². The molecule has 0 fully saturated rings. The van der Waals surface area contributed by atoms with E-state index in [1.807, 2.05) is 18.2 Å². The van der Waals surface area contributed by atoms with Crippen LogP contribution in [0.5, 0.6) is 17.2 Å². The van der Waals surface area contributed by atoms with Gasteiger partial charge in [-0.05, 0) is 18.6 Å². The lowest BCUT2D eigenvalue weighted by molar-refractivity contribution is 0.170. The van der Waals surface area contributed by atoms with Gasteiger partial charge in [0.15, 0.2) is 11.5 Å². The second-order valence-corrected chi connectivity index (χ2v) is 3.99. The zero-order valence-electron chi connectivity index (χ0n) is 8.37. The van der Waals surface area contributed by atoms with Gasteiger partial charge in [-0.25, -0.2) is 0 Å². The van der Waals surface area contributed by atoms with Gasteiger partial charge in [0.25, 0.3) is 0 Å². The van der Waals surface area contributed by atoms with Gasteiger partial charge in [-0.1, -0.05) is 15.9 Å². The van der Waals surface area contributed by atoms with Gasteiger partial charge in [0.1, 0.15) is 19.0 Å². The van der Waals surface area contributed by atoms with E-state index in [4.69, 9.17) is 14.2 Å². The van der Waals surface area contributed by atoms with E-state index in [-0.39, 0.29) is 0 Å². The molecule has 0 aromatic heterocycles. The van der Waals surface area contributed by atoms with Gasteiger partial charge in [0.2, 0.25) is 0 Å². The van der Waals surface area contributed by atoms with Crippen molar-refractivity contribution < 1.29 is 14.2 Å². The molecule has 0 bridgehead atoms. The zero-order chi connectivity index (χ0) is 10.5. The molecule has 3 nitrogen and oxygen atoms in total. The third kappa shape index (κ3) is 2.78. The largest absolute Gasteiger partial charge is 0.493 e. The average molecular weight is 273 g/mol. The third-order valence-corrected chi connectivity index (χ3v) is 2.62. The number of hydrogen-bond acceptors (Lipinski definition) is 3. The highest BCUT2D eigenvalue weighted by molar-refractivity contribution is 9.09. The van der Waals surface area contributed by atoms with Crippen LogP contribution in [0.25, 0.3) is 0 Å². The molecule has 2 rings (SSSR count).